The van der Waals surface area contributed by atoms with Gasteiger partial charge in [0.2, 0.25) is 11.8 Å². The van der Waals surface area contributed by atoms with E-state index < -0.39 is 6.04 Å². The van der Waals surface area contributed by atoms with E-state index in [-0.39, 0.29) is 24.3 Å². The number of nitrogens with one attached hydrogen (secondary N) is 1. The summed E-state index contributed by atoms with van der Waals surface area (Å²) in [4.78, 5) is 29.1. The van der Waals surface area contributed by atoms with Crippen LogP contribution in [-0.2, 0) is 16.0 Å². The zero-order valence-electron chi connectivity index (χ0n) is 18.5. The monoisotopic (exact) mass is 446 g/mol. The molecule has 1 aromatic heterocycles. The van der Waals surface area contributed by atoms with E-state index in [1.165, 1.54) is 6.42 Å². The number of hydrogen-bond acceptors (Lipinski definition) is 3. The normalized spacial score (nSPS) is 15.2. The molecule has 1 heterocycles. The summed E-state index contributed by atoms with van der Waals surface area (Å²) in [7, 11) is 0. The molecule has 1 atom stereocenters. The molecule has 2 aromatic carbocycles. The maximum atomic E-state index is 13.7. The van der Waals surface area contributed by atoms with Crippen LogP contribution in [0.3, 0.4) is 0 Å². The molecule has 0 saturated heterocycles. The molecule has 0 radical (unpaired) electrons. The number of aryl methyl sites for hydroxylation is 1. The van der Waals surface area contributed by atoms with Crippen LogP contribution in [0.25, 0.3) is 0 Å². The molecule has 1 fully saturated rings. The van der Waals surface area contributed by atoms with Gasteiger partial charge in [-0.25, -0.2) is 0 Å². The van der Waals surface area contributed by atoms with E-state index in [4.69, 9.17) is 0 Å². The Kier molecular flexibility index (Phi) is 7.38. The molecular formula is C27H30N2O2S. The van der Waals surface area contributed by atoms with E-state index in [0.717, 1.165) is 48.1 Å². The maximum absolute atomic E-state index is 13.7. The van der Waals surface area contributed by atoms with Crippen molar-refractivity contribution in [2.24, 2.45) is 0 Å². The summed E-state index contributed by atoms with van der Waals surface area (Å²) in [5.74, 6) is -0.190. The maximum Gasteiger partial charge on any atom is 0.248 e. The van der Waals surface area contributed by atoms with Crippen molar-refractivity contribution in [1.29, 1.82) is 0 Å². The van der Waals surface area contributed by atoms with Gasteiger partial charge in [-0.15, -0.1) is 0 Å². The number of rotatable bonds is 7. The molecule has 4 nitrogen and oxygen atoms in total. The molecule has 32 heavy (non-hydrogen) atoms. The minimum absolute atomic E-state index is 0.0818. The van der Waals surface area contributed by atoms with Crippen LogP contribution in [-0.4, -0.2) is 17.9 Å². The summed E-state index contributed by atoms with van der Waals surface area (Å²) in [5.41, 5.74) is 3.59. The van der Waals surface area contributed by atoms with Crippen molar-refractivity contribution >= 4 is 28.8 Å². The third kappa shape index (κ3) is 5.46. The van der Waals surface area contributed by atoms with Crippen molar-refractivity contribution in [3.05, 3.63) is 88.1 Å². The van der Waals surface area contributed by atoms with Crippen molar-refractivity contribution in [1.82, 2.24) is 5.32 Å². The zero-order valence-corrected chi connectivity index (χ0v) is 19.3. The first-order valence-electron chi connectivity index (χ1n) is 11.4. The van der Waals surface area contributed by atoms with Crippen LogP contribution in [0.2, 0.25) is 0 Å². The number of carbonyl (C=O) groups is 2. The standard InChI is InChI=1S/C27H30N2O2S/c1-20-9-8-14-24(17-20)29(25(30)18-21-15-16-32-19-21)26(22-10-4-2-5-11-22)27(31)28-23-12-6-3-7-13-23/h2,4-5,8-11,14-17,19,23,26H,3,6-7,12-13,18H2,1H3,(H,28,31)/t26-/m1/s1. The molecule has 1 saturated carbocycles. The van der Waals surface area contributed by atoms with Crippen LogP contribution in [0, 0.1) is 6.92 Å². The van der Waals surface area contributed by atoms with Gasteiger partial charge in [0, 0.05) is 11.7 Å². The molecule has 2 amide bonds. The highest BCUT2D eigenvalue weighted by Gasteiger charge is 2.34. The average molecular weight is 447 g/mol. The molecule has 3 aromatic rings. The smallest absolute Gasteiger partial charge is 0.248 e. The molecule has 1 aliphatic rings. The van der Waals surface area contributed by atoms with E-state index >= 15 is 0 Å². The third-order valence-corrected chi connectivity index (χ3v) is 6.79. The Hall–Kier alpha value is -2.92. The minimum Gasteiger partial charge on any atom is -0.351 e. The van der Waals surface area contributed by atoms with Gasteiger partial charge in [0.25, 0.3) is 0 Å². The Bertz CT molecular complexity index is 1030. The lowest BCUT2D eigenvalue weighted by molar-refractivity contribution is -0.127. The fourth-order valence-corrected chi connectivity index (χ4v) is 5.12. The number of thiophene rings is 1. The van der Waals surface area contributed by atoms with Gasteiger partial charge in [0.05, 0.1) is 6.42 Å². The predicted octanol–water partition coefficient (Wildman–Crippen LogP) is 5.82. The number of carbonyl (C=O) groups excluding carboxylic acids is 2. The molecule has 1 aliphatic carbocycles. The zero-order chi connectivity index (χ0) is 22.3. The first-order valence-corrected chi connectivity index (χ1v) is 12.3. The molecule has 1 N–H and O–H groups in total. The molecule has 166 valence electrons. The molecular weight excluding hydrogens is 416 g/mol. The number of anilines is 1. The number of benzene rings is 2. The van der Waals surface area contributed by atoms with Gasteiger partial charge in [-0.2, -0.15) is 11.3 Å². The van der Waals surface area contributed by atoms with Crippen LogP contribution in [0.1, 0.15) is 54.8 Å². The lowest BCUT2D eigenvalue weighted by atomic mass is 9.94. The SMILES string of the molecule is Cc1cccc(N(C(=O)Cc2ccsc2)[C@@H](C(=O)NC2CCCCC2)c2ccccc2)c1. The highest BCUT2D eigenvalue weighted by Crippen LogP contribution is 2.30. The largest absolute Gasteiger partial charge is 0.351 e. The summed E-state index contributed by atoms with van der Waals surface area (Å²) in [6.45, 7) is 2.00. The van der Waals surface area contributed by atoms with Crippen molar-refractivity contribution in [3.8, 4) is 0 Å². The van der Waals surface area contributed by atoms with Gasteiger partial charge in [0.1, 0.15) is 6.04 Å². The molecule has 0 aliphatic heterocycles. The molecule has 0 spiro atoms. The second-order valence-corrected chi connectivity index (χ2v) is 9.35. The third-order valence-electron chi connectivity index (χ3n) is 6.06. The summed E-state index contributed by atoms with van der Waals surface area (Å²) in [6.07, 6.45) is 5.76. The topological polar surface area (TPSA) is 49.4 Å². The van der Waals surface area contributed by atoms with E-state index in [1.807, 2.05) is 78.3 Å². The van der Waals surface area contributed by atoms with E-state index in [9.17, 15) is 9.59 Å². The van der Waals surface area contributed by atoms with Crippen molar-refractivity contribution in [3.63, 3.8) is 0 Å². The lowest BCUT2D eigenvalue weighted by Gasteiger charge is -2.33. The molecule has 0 bridgehead atoms. The second kappa shape index (κ2) is 10.6. The second-order valence-electron chi connectivity index (χ2n) is 8.57. The Morgan fingerprint density at radius 3 is 2.50 bits per heavy atom. The highest BCUT2D eigenvalue weighted by molar-refractivity contribution is 7.08. The van der Waals surface area contributed by atoms with E-state index in [2.05, 4.69) is 5.32 Å². The van der Waals surface area contributed by atoms with Crippen LogP contribution >= 0.6 is 11.3 Å². The van der Waals surface area contributed by atoms with Crippen molar-refractivity contribution in [2.45, 2.75) is 57.5 Å². The minimum atomic E-state index is -0.717. The predicted molar refractivity (Wildman–Crippen MR) is 131 cm³/mol. The lowest BCUT2D eigenvalue weighted by Crippen LogP contribution is -2.47. The molecule has 0 unspecified atom stereocenters. The van der Waals surface area contributed by atoms with Crippen LogP contribution < -0.4 is 10.2 Å². The average Bonchev–Trinajstić information content (AvgIpc) is 3.31. The van der Waals surface area contributed by atoms with Gasteiger partial charge in [-0.05, 0) is 65.4 Å². The van der Waals surface area contributed by atoms with Crippen LogP contribution in [0.5, 0.6) is 0 Å². The fraction of sp³-hybridized carbons (Fsp3) is 0.333. The molecule has 4 rings (SSSR count). The first-order chi connectivity index (χ1) is 15.6. The number of nitrogens with zero attached hydrogens (tertiary/aromatic N) is 1. The quantitative estimate of drug-likeness (QED) is 0.497. The molecule has 5 heteroatoms. The van der Waals surface area contributed by atoms with Gasteiger partial charge in [-0.1, -0.05) is 61.7 Å². The van der Waals surface area contributed by atoms with Crippen molar-refractivity contribution in [2.75, 3.05) is 4.90 Å². The summed E-state index contributed by atoms with van der Waals surface area (Å²) in [5, 5.41) is 7.23. The van der Waals surface area contributed by atoms with Crippen LogP contribution in [0.15, 0.2) is 71.4 Å². The van der Waals surface area contributed by atoms with E-state index in [1.54, 1.807) is 16.2 Å². The Labute approximate surface area is 194 Å². The Balaban J connectivity index is 1.72. The van der Waals surface area contributed by atoms with Crippen molar-refractivity contribution < 1.29 is 9.59 Å². The Morgan fingerprint density at radius 2 is 1.81 bits per heavy atom. The van der Waals surface area contributed by atoms with Gasteiger partial charge < -0.3 is 5.32 Å². The summed E-state index contributed by atoms with van der Waals surface area (Å²) in [6, 6.07) is 18.9. The van der Waals surface area contributed by atoms with Gasteiger partial charge in [-0.3, -0.25) is 14.5 Å². The van der Waals surface area contributed by atoms with Gasteiger partial charge >= 0.3 is 0 Å². The van der Waals surface area contributed by atoms with Gasteiger partial charge in [0.15, 0.2) is 0 Å². The fourth-order valence-electron chi connectivity index (χ4n) is 4.45. The van der Waals surface area contributed by atoms with Crippen LogP contribution in [0.4, 0.5) is 5.69 Å². The van der Waals surface area contributed by atoms with E-state index in [0.29, 0.717) is 0 Å². The highest BCUT2D eigenvalue weighted by atomic mass is 32.1. The summed E-state index contributed by atoms with van der Waals surface area (Å²) >= 11 is 1.58. The Morgan fingerprint density at radius 1 is 1.03 bits per heavy atom. The summed E-state index contributed by atoms with van der Waals surface area (Å²) < 4.78 is 0. The first kappa shape index (κ1) is 22.3. The number of amides is 2. The number of hydrogen-bond donors (Lipinski definition) is 1.